The van der Waals surface area contributed by atoms with Gasteiger partial charge in [-0.1, -0.05) is 175 Å². The molecule has 7 rings (SSSR count). The molecule has 1 amide bonds. The quantitative estimate of drug-likeness (QED) is 0.0291. The monoisotopic (exact) mass is 983 g/mol. The highest BCUT2D eigenvalue weighted by molar-refractivity contribution is 6.03. The Morgan fingerprint density at radius 2 is 1.42 bits per heavy atom. The average molecular weight is 983 g/mol. The second-order valence-electron chi connectivity index (χ2n) is 20.0. The summed E-state index contributed by atoms with van der Waals surface area (Å²) in [4.78, 5) is 22.9. The first-order valence-corrected chi connectivity index (χ1v) is 27.5. The molecular weight excluding hydrogens is 901 g/mol. The van der Waals surface area contributed by atoms with Gasteiger partial charge in [-0.15, -0.1) is 6.58 Å². The normalized spacial score (nSPS) is 21.5. The van der Waals surface area contributed by atoms with E-state index in [-0.39, 0.29) is 50.3 Å². The van der Waals surface area contributed by atoms with E-state index in [1.807, 2.05) is 77.7 Å². The van der Waals surface area contributed by atoms with Crippen molar-refractivity contribution in [3.8, 4) is 28.4 Å². The maximum atomic E-state index is 14.8. The molecule has 2 N–H and O–H groups in total. The van der Waals surface area contributed by atoms with Crippen LogP contribution in [0.3, 0.4) is 0 Å². The maximum absolute atomic E-state index is 14.8. The molecule has 1 heterocycles. The van der Waals surface area contributed by atoms with Crippen molar-refractivity contribution in [3.63, 3.8) is 0 Å². The fraction of sp³-hybridized carbons (Fsp3) is 0.516. The Labute approximate surface area is 430 Å². The van der Waals surface area contributed by atoms with Crippen molar-refractivity contribution >= 4 is 11.8 Å². The van der Waals surface area contributed by atoms with Gasteiger partial charge in [0.1, 0.15) is 29.9 Å². The average Bonchev–Trinajstić information content (AvgIpc) is 3.41. The summed E-state index contributed by atoms with van der Waals surface area (Å²) in [6, 6.07) is 33.9. The highest BCUT2D eigenvalue weighted by atomic mass is 16.7. The minimum atomic E-state index is -1.37. The molecule has 2 aliphatic carbocycles. The van der Waals surface area contributed by atoms with E-state index in [2.05, 4.69) is 56.8 Å². The van der Waals surface area contributed by atoms with Gasteiger partial charge < -0.3 is 34.0 Å². The summed E-state index contributed by atoms with van der Waals surface area (Å²) in [5, 5.41) is 25.1. The molecule has 10 heteroatoms. The second kappa shape index (κ2) is 28.7. The number of aliphatic hydroxyl groups excluding tert-OH is 2. The van der Waals surface area contributed by atoms with Crippen LogP contribution in [0, 0.1) is 17.8 Å². The number of fused-ring (bicyclic) bond motifs is 2. The summed E-state index contributed by atoms with van der Waals surface area (Å²) in [6.45, 7) is 9.89. The number of hydrogen-bond acceptors (Lipinski definition) is 9. The molecule has 4 aromatic carbocycles. The lowest BCUT2D eigenvalue weighted by Crippen LogP contribution is -2.70. The third-order valence-electron chi connectivity index (χ3n) is 14.9. The summed E-state index contributed by atoms with van der Waals surface area (Å²) in [5.74, 6) is 0.249. The van der Waals surface area contributed by atoms with E-state index in [1.165, 1.54) is 44.9 Å². The zero-order chi connectivity index (χ0) is 50.4. The number of ether oxygens (including phenoxy) is 4. The number of carbonyl (C=O) groups is 1. The van der Waals surface area contributed by atoms with Crippen molar-refractivity contribution in [2.24, 2.45) is 22.9 Å². The first-order valence-electron chi connectivity index (χ1n) is 27.5. The minimum Gasteiger partial charge on any atom is -0.459 e. The van der Waals surface area contributed by atoms with Crippen molar-refractivity contribution < 1.29 is 38.8 Å². The Bertz CT molecular complexity index is 2300. The Hall–Kier alpha value is -5.42. The van der Waals surface area contributed by atoms with Crippen molar-refractivity contribution in [1.29, 1.82) is 0 Å². The molecule has 1 fully saturated rings. The van der Waals surface area contributed by atoms with Crippen LogP contribution in [0.2, 0.25) is 0 Å². The van der Waals surface area contributed by atoms with Gasteiger partial charge in [-0.05, 0) is 103 Å². The predicted octanol–water partition coefficient (Wildman–Crippen LogP) is 14.7. The molecule has 1 saturated carbocycles. The van der Waals surface area contributed by atoms with E-state index in [1.54, 1.807) is 6.08 Å². The van der Waals surface area contributed by atoms with Crippen molar-refractivity contribution in [3.05, 3.63) is 139 Å². The summed E-state index contributed by atoms with van der Waals surface area (Å²) >= 11 is 0. The topological polar surface area (TPSA) is 119 Å². The Kier molecular flexibility index (Phi) is 21.7. The molecule has 4 aromatic rings. The molecule has 6 unspecified atom stereocenters. The van der Waals surface area contributed by atoms with Gasteiger partial charge in [-0.25, -0.2) is 4.79 Å². The van der Waals surface area contributed by atoms with Crippen LogP contribution in [0.15, 0.2) is 133 Å². The van der Waals surface area contributed by atoms with Gasteiger partial charge in [0.05, 0.1) is 24.8 Å². The number of aliphatic hydroxyl groups is 2. The Morgan fingerprint density at radius 1 is 0.764 bits per heavy atom. The van der Waals surface area contributed by atoms with Gasteiger partial charge in [-0.3, -0.25) is 4.90 Å². The van der Waals surface area contributed by atoms with Gasteiger partial charge in [0, 0.05) is 37.7 Å². The van der Waals surface area contributed by atoms with Crippen molar-refractivity contribution in [2.75, 3.05) is 33.0 Å². The maximum Gasteiger partial charge on any atom is 0.410 e. The lowest BCUT2D eigenvalue weighted by molar-refractivity contribution is -0.255. The summed E-state index contributed by atoms with van der Waals surface area (Å²) in [7, 11) is 0. The number of amides is 1. The number of oxime groups is 1. The molecule has 0 bridgehead atoms. The number of hydrogen-bond donors (Lipinski definition) is 2. The van der Waals surface area contributed by atoms with Crippen LogP contribution in [0.4, 0.5) is 4.79 Å². The van der Waals surface area contributed by atoms with Gasteiger partial charge >= 0.3 is 6.09 Å². The third kappa shape index (κ3) is 14.2. The van der Waals surface area contributed by atoms with E-state index in [4.69, 9.17) is 28.9 Å². The standard InChI is InChI=1S/C62H82N2O8/c1-4-7-8-9-10-11-12-13-14-25-42-68-61(67)64(38-5-2)58-45-56(63-70-46-47-26-17-15-18-27-47)54-43-50(30-21-23-39-65)53(31-22-24-40-66)59-55-44-52(36-37-57(55)72-62(58,60(54)59)69-41-6-3)71-51-34-32-49(33-35-51)48-28-19-16-20-29-48/h6,15-20,26-29,32-37,43-44,50,53,58-60,65-66H,3-5,7-14,21-25,30-31,38-42,45-46H2,1-2H3. The molecule has 388 valence electrons. The lowest BCUT2D eigenvalue weighted by atomic mass is 9.55. The van der Waals surface area contributed by atoms with Crippen LogP contribution in [-0.4, -0.2) is 71.7 Å². The van der Waals surface area contributed by atoms with E-state index in [0.29, 0.717) is 50.3 Å². The van der Waals surface area contributed by atoms with Gasteiger partial charge in [0.15, 0.2) is 0 Å². The zero-order valence-electron chi connectivity index (χ0n) is 43.3. The number of unbranched alkanes of at least 4 members (excludes halogenated alkanes) is 11. The molecule has 1 aliphatic heterocycles. The van der Waals surface area contributed by atoms with Crippen molar-refractivity contribution in [2.45, 2.75) is 154 Å². The molecule has 6 atom stereocenters. The number of nitrogens with zero attached hydrogens (tertiary/aromatic N) is 2. The third-order valence-corrected chi connectivity index (χ3v) is 14.9. The first-order chi connectivity index (χ1) is 35.4. The van der Waals surface area contributed by atoms with Gasteiger partial charge in [0.25, 0.3) is 0 Å². The molecule has 0 saturated heterocycles. The molecule has 72 heavy (non-hydrogen) atoms. The van der Waals surface area contributed by atoms with E-state index in [9.17, 15) is 15.0 Å². The smallest absolute Gasteiger partial charge is 0.410 e. The van der Waals surface area contributed by atoms with Crippen LogP contribution >= 0.6 is 0 Å². The summed E-state index contributed by atoms with van der Waals surface area (Å²) in [5.41, 5.74) is 5.99. The fourth-order valence-corrected chi connectivity index (χ4v) is 11.4. The number of rotatable bonds is 31. The molecule has 0 spiro atoms. The second-order valence-corrected chi connectivity index (χ2v) is 20.0. The van der Waals surface area contributed by atoms with E-state index in [0.717, 1.165) is 84.2 Å². The summed E-state index contributed by atoms with van der Waals surface area (Å²) < 4.78 is 27.6. The Balaban J connectivity index is 1.28. The van der Waals surface area contributed by atoms with Crippen LogP contribution in [-0.2, 0) is 20.9 Å². The Morgan fingerprint density at radius 3 is 2.10 bits per heavy atom. The molecular formula is C62H82N2O8. The minimum absolute atomic E-state index is 0.0758. The van der Waals surface area contributed by atoms with Gasteiger partial charge in [-0.2, -0.15) is 0 Å². The van der Waals surface area contributed by atoms with Crippen LogP contribution in [0.1, 0.15) is 146 Å². The highest BCUT2D eigenvalue weighted by Crippen LogP contribution is 2.62. The first kappa shape index (κ1) is 54.4. The van der Waals surface area contributed by atoms with Crippen LogP contribution in [0.5, 0.6) is 17.2 Å². The largest absolute Gasteiger partial charge is 0.459 e. The predicted molar refractivity (Wildman–Crippen MR) is 288 cm³/mol. The number of carbonyl (C=O) groups excluding carboxylic acids is 1. The highest BCUT2D eigenvalue weighted by Gasteiger charge is 2.65. The molecule has 10 nitrogen and oxygen atoms in total. The fourth-order valence-electron chi connectivity index (χ4n) is 11.4. The SMILES string of the molecule is C=CCOC12Oc3ccc(Oc4ccc(-c5ccccc5)cc4)cc3C3C(CCCCO)C(CCCCO)C=C(C(=NOCc4ccccc4)CC1N(CCC)C(=O)OCCCCCCCCCCCC)C32. The van der Waals surface area contributed by atoms with E-state index < -0.39 is 17.7 Å². The van der Waals surface area contributed by atoms with Gasteiger partial charge in [0.2, 0.25) is 5.79 Å². The zero-order valence-corrected chi connectivity index (χ0v) is 43.3. The number of allylic oxidation sites excluding steroid dienone is 1. The summed E-state index contributed by atoms with van der Waals surface area (Å²) in [6.07, 6.45) is 21.4. The van der Waals surface area contributed by atoms with Crippen LogP contribution in [0.25, 0.3) is 11.1 Å². The molecule has 0 aromatic heterocycles. The van der Waals surface area contributed by atoms with Crippen molar-refractivity contribution in [1.82, 2.24) is 4.90 Å². The van der Waals surface area contributed by atoms with E-state index >= 15 is 0 Å². The number of benzene rings is 4. The molecule has 0 radical (unpaired) electrons. The lowest BCUT2D eigenvalue weighted by Gasteiger charge is -2.59. The van der Waals surface area contributed by atoms with Crippen LogP contribution < -0.4 is 9.47 Å². The molecule has 3 aliphatic rings.